The lowest BCUT2D eigenvalue weighted by molar-refractivity contribution is 0.272. The first-order valence-corrected chi connectivity index (χ1v) is 17.1. The van der Waals surface area contributed by atoms with Crippen LogP contribution in [-0.2, 0) is 27.3 Å². The number of hydrogen-bond donors (Lipinski definition) is 3. The van der Waals surface area contributed by atoms with Gasteiger partial charge in [0.15, 0.2) is 0 Å². The third kappa shape index (κ3) is 57.5. The van der Waals surface area contributed by atoms with Gasteiger partial charge < -0.3 is 0 Å². The first-order chi connectivity index (χ1) is 17.3. The summed E-state index contributed by atoms with van der Waals surface area (Å²) < 4.78 is 43.7. The van der Waals surface area contributed by atoms with E-state index in [4.69, 9.17) is 14.7 Å². The Morgan fingerprint density at radius 3 is 0.784 bits per heavy atom. The summed E-state index contributed by atoms with van der Waals surface area (Å²) in [6.45, 7) is 7.78. The van der Waals surface area contributed by atoms with Crippen molar-refractivity contribution in [2.75, 3.05) is 19.8 Å². The zero-order valence-corrected chi connectivity index (χ0v) is 27.4. The van der Waals surface area contributed by atoms with Crippen molar-refractivity contribution in [1.29, 1.82) is 0 Å². The van der Waals surface area contributed by atoms with Gasteiger partial charge in [-0.05, 0) is 19.3 Å². The van der Waals surface area contributed by atoms with E-state index in [1.54, 1.807) is 0 Å². The van der Waals surface area contributed by atoms with Gasteiger partial charge in [0.25, 0.3) is 0 Å². The van der Waals surface area contributed by atoms with Gasteiger partial charge in [-0.25, -0.2) is 0 Å². The van der Waals surface area contributed by atoms with Crippen molar-refractivity contribution in [3.05, 3.63) is 0 Å². The first-order valence-electron chi connectivity index (χ1n) is 13.7. The minimum absolute atomic E-state index is 0. The zero-order valence-electron chi connectivity index (χ0n) is 23.6. The molecule has 0 aliphatic carbocycles. The summed E-state index contributed by atoms with van der Waals surface area (Å²) in [5.41, 5.74) is 0. The second-order valence-corrected chi connectivity index (χ2v) is 10.7. The normalized spacial score (nSPS) is 11.4. The second kappa shape index (κ2) is 41.1. The zero-order chi connectivity index (χ0) is 27.7. The van der Waals surface area contributed by atoms with Crippen molar-refractivity contribution in [1.82, 2.24) is 0 Å². The largest absolute Gasteiger partial charge is 0.694 e. The van der Waals surface area contributed by atoms with Crippen molar-refractivity contribution in [2.45, 2.75) is 136 Å². The van der Waals surface area contributed by atoms with E-state index in [0.29, 0.717) is 19.8 Å². The van der Waals surface area contributed by atoms with Crippen molar-refractivity contribution in [2.24, 2.45) is 0 Å². The maximum atomic E-state index is 10.1. The topological polar surface area (TPSA) is 140 Å². The van der Waals surface area contributed by atoms with Crippen LogP contribution in [0.2, 0.25) is 0 Å². The maximum Gasteiger partial charge on any atom is 0.694 e. The second-order valence-electron chi connectivity index (χ2n) is 8.52. The van der Waals surface area contributed by atoms with Gasteiger partial charge in [-0.1, -0.05) is 117 Å². The third-order valence-corrected chi connectivity index (χ3v) is 6.31. The fourth-order valence-electron chi connectivity index (χ4n) is 3.08. The van der Waals surface area contributed by atoms with Crippen LogP contribution in [0.3, 0.4) is 0 Å². The Bertz CT molecular complexity index is 424. The van der Waals surface area contributed by atoms with Crippen molar-refractivity contribution in [3.8, 4) is 0 Å². The van der Waals surface area contributed by atoms with E-state index < -0.39 is 24.8 Å². The summed E-state index contributed by atoms with van der Waals surface area (Å²) in [4.78, 5) is 24.8. The van der Waals surface area contributed by atoms with Crippen molar-refractivity contribution >= 4 is 42.1 Å². The van der Waals surface area contributed by atoms with Gasteiger partial charge in [-0.3, -0.25) is 0 Å². The van der Waals surface area contributed by atoms with Gasteiger partial charge in [0.2, 0.25) is 0 Å². The molecule has 3 radical (unpaired) electrons. The molecule has 3 atom stereocenters. The lowest BCUT2D eigenvalue weighted by Gasteiger charge is -1.96. The monoisotopic (exact) mass is 606 g/mol. The molecule has 0 rings (SSSR count). The minimum atomic E-state index is -2.38. The summed E-state index contributed by atoms with van der Waals surface area (Å²) in [6.07, 6.45) is 21.0. The molecule has 0 amide bonds. The lowest BCUT2D eigenvalue weighted by atomic mass is 10.1. The third-order valence-electron chi connectivity index (χ3n) is 5.10. The van der Waals surface area contributed by atoms with Gasteiger partial charge in [0.1, 0.15) is 19.8 Å². The number of unbranched alkanes of at least 4 members (excludes halogenated alkanes) is 15. The van der Waals surface area contributed by atoms with Gasteiger partial charge in [-0.2, -0.15) is 0 Å². The molecular formula is C24H54AlO9P3+3. The summed E-state index contributed by atoms with van der Waals surface area (Å²) in [5, 5.41) is 0. The molecule has 0 bridgehead atoms. The quantitative estimate of drug-likeness (QED) is 0.0559. The van der Waals surface area contributed by atoms with Gasteiger partial charge in [-0.15, -0.1) is 28.3 Å². The van der Waals surface area contributed by atoms with E-state index in [2.05, 4.69) is 34.3 Å². The molecule has 0 spiro atoms. The van der Waals surface area contributed by atoms with Gasteiger partial charge >= 0.3 is 24.8 Å². The standard InChI is InChI=1S/3C8H17O3P.Al/c3*1-2-3-4-5-6-7-8-11-12(9)10;/h3*2-8H2,1H3;/p+3. The molecule has 0 aromatic carbocycles. The Morgan fingerprint density at radius 1 is 0.405 bits per heavy atom. The van der Waals surface area contributed by atoms with E-state index in [0.717, 1.165) is 38.5 Å². The Balaban J connectivity index is -0.000000218. The Labute approximate surface area is 239 Å². The number of hydrogen-bond acceptors (Lipinski definition) is 6. The first kappa shape index (κ1) is 44.6. The van der Waals surface area contributed by atoms with E-state index in [1.165, 1.54) is 77.0 Å². The molecule has 9 nitrogen and oxygen atoms in total. The van der Waals surface area contributed by atoms with Crippen molar-refractivity contribution in [3.63, 3.8) is 0 Å². The molecule has 0 saturated carbocycles. The van der Waals surface area contributed by atoms with Crippen LogP contribution in [0.4, 0.5) is 0 Å². The van der Waals surface area contributed by atoms with Gasteiger partial charge in [0, 0.05) is 31.1 Å². The summed E-state index contributed by atoms with van der Waals surface area (Å²) in [6, 6.07) is 0. The molecule has 3 N–H and O–H groups in total. The molecule has 0 aliphatic rings. The maximum absolute atomic E-state index is 10.1. The molecule has 3 unspecified atom stereocenters. The van der Waals surface area contributed by atoms with Crippen LogP contribution in [-0.4, -0.2) is 51.9 Å². The van der Waals surface area contributed by atoms with Crippen LogP contribution in [0.15, 0.2) is 0 Å². The average molecular weight is 607 g/mol. The lowest BCUT2D eigenvalue weighted by Crippen LogP contribution is -1.86. The molecule has 0 aromatic rings. The SMILES string of the molecule is CCCCCCCCO[P+](=O)O.CCCCCCCCO[P+](=O)O.CCCCCCCCO[P+](=O)O.[Al]. The molecule has 0 saturated heterocycles. The molecule has 0 heterocycles. The molecule has 0 aromatic heterocycles. The molecule has 37 heavy (non-hydrogen) atoms. The summed E-state index contributed by atoms with van der Waals surface area (Å²) >= 11 is 0. The Kier molecular flexibility index (Phi) is 49.5. The number of rotatable bonds is 24. The average Bonchev–Trinajstić information content (AvgIpc) is 2.83. The molecular weight excluding hydrogens is 552 g/mol. The van der Waals surface area contributed by atoms with E-state index in [1.807, 2.05) is 0 Å². The van der Waals surface area contributed by atoms with Crippen LogP contribution in [0.25, 0.3) is 0 Å². The smallest absolute Gasteiger partial charge is 0.133 e. The van der Waals surface area contributed by atoms with Gasteiger partial charge in [0.05, 0.1) is 0 Å². The highest BCUT2D eigenvalue weighted by molar-refractivity contribution is 7.32. The fraction of sp³-hybridized carbons (Fsp3) is 1.00. The van der Waals surface area contributed by atoms with Crippen LogP contribution in [0, 0.1) is 0 Å². The van der Waals surface area contributed by atoms with Crippen molar-refractivity contribution < 1.29 is 41.9 Å². The van der Waals surface area contributed by atoms with Crippen LogP contribution in [0.1, 0.15) is 136 Å². The van der Waals surface area contributed by atoms with E-state index >= 15 is 0 Å². The van der Waals surface area contributed by atoms with E-state index in [9.17, 15) is 13.7 Å². The Hall–Kier alpha value is 0.592. The fourth-order valence-corrected chi connectivity index (χ4v) is 3.93. The molecule has 0 aliphatic heterocycles. The van der Waals surface area contributed by atoms with Crippen LogP contribution >= 0.6 is 24.8 Å². The summed E-state index contributed by atoms with van der Waals surface area (Å²) in [7, 11) is -7.13. The molecule has 13 heteroatoms. The predicted molar refractivity (Wildman–Crippen MR) is 153 cm³/mol. The predicted octanol–water partition coefficient (Wildman–Crippen LogP) is 8.66. The van der Waals surface area contributed by atoms with Crippen LogP contribution < -0.4 is 0 Å². The highest BCUT2D eigenvalue weighted by atomic mass is 31.1. The minimum Gasteiger partial charge on any atom is -0.133 e. The van der Waals surface area contributed by atoms with Crippen LogP contribution in [0.5, 0.6) is 0 Å². The highest BCUT2D eigenvalue weighted by Gasteiger charge is 2.11. The molecule has 0 fully saturated rings. The highest BCUT2D eigenvalue weighted by Crippen LogP contribution is 2.17. The summed E-state index contributed by atoms with van der Waals surface area (Å²) in [5.74, 6) is 0. The Morgan fingerprint density at radius 2 is 0.595 bits per heavy atom. The van der Waals surface area contributed by atoms with E-state index in [-0.39, 0.29) is 17.4 Å². The molecule has 219 valence electrons.